The van der Waals surface area contributed by atoms with E-state index in [4.69, 9.17) is 15.9 Å². The number of fused-ring (bicyclic) bond motifs is 1. The van der Waals surface area contributed by atoms with Gasteiger partial charge in [0.05, 0.1) is 30.5 Å². The molecule has 1 aromatic heterocycles. The Morgan fingerprint density at radius 3 is 2.77 bits per heavy atom. The molecule has 10 heteroatoms. The molecule has 2 heterocycles. The number of aromatic nitrogens is 1. The number of halogens is 1. The molecule has 226 valence electrons. The monoisotopic (exact) mass is 587 g/mol. The van der Waals surface area contributed by atoms with Crippen LogP contribution in [-0.2, 0) is 11.3 Å². The summed E-state index contributed by atoms with van der Waals surface area (Å²) in [6.07, 6.45) is 10.9. The van der Waals surface area contributed by atoms with E-state index in [0.717, 1.165) is 55.0 Å². The Hall–Kier alpha value is -4.57. The summed E-state index contributed by atoms with van der Waals surface area (Å²) in [4.78, 5) is 29.3. The number of nitrogens with one attached hydrogen (secondary N) is 3. The Labute approximate surface area is 251 Å². The molecule has 0 radical (unpaired) electrons. The van der Waals surface area contributed by atoms with Crippen molar-refractivity contribution in [2.45, 2.75) is 58.0 Å². The molecule has 0 unspecified atom stereocenters. The van der Waals surface area contributed by atoms with Crippen LogP contribution in [0.1, 0.15) is 78.1 Å². The zero-order valence-electron chi connectivity index (χ0n) is 24.7. The van der Waals surface area contributed by atoms with Crippen LogP contribution in [0, 0.1) is 11.2 Å². The first-order chi connectivity index (χ1) is 20.8. The molecule has 0 saturated heterocycles. The summed E-state index contributed by atoms with van der Waals surface area (Å²) in [5, 5.41) is 17.0. The van der Waals surface area contributed by atoms with Gasteiger partial charge in [0.2, 0.25) is 5.91 Å². The molecule has 9 nitrogen and oxygen atoms in total. The standard InChI is InChI=1S/C33H39FN6O3/c1-21-16-17-37-31-24(8-6-4-3-5-7-9-28(41)40-21)20-38-32(36)29(31)30(35)23-12-10-22(11-13-23)19-39-33(42)26-18-25(34)14-15-27(26)43-2/h6,8,10-15,18,20-21,35,37H,3-5,7,9,16-17,19H2,1-2H3,(H2,36,38)(H,39,42)(H,40,41)/p+1/b8-6+,35-30?/t21-/m1/s1. The Morgan fingerprint density at radius 2 is 2.00 bits per heavy atom. The SMILES string of the molecule is COc1ccc(F)cc1C(=O)NCc1ccc(C(=N)c2c(N)ncc3c2[NH2+]CC[C@@H](C)NC(=O)CCCCC/C=C/3)cc1. The predicted octanol–water partition coefficient (Wildman–Crippen LogP) is 4.22. The van der Waals surface area contributed by atoms with Gasteiger partial charge in [-0.2, -0.15) is 0 Å². The van der Waals surface area contributed by atoms with Crippen LogP contribution in [0.2, 0.25) is 0 Å². The Morgan fingerprint density at radius 1 is 1.21 bits per heavy atom. The van der Waals surface area contributed by atoms with E-state index in [9.17, 15) is 14.0 Å². The van der Waals surface area contributed by atoms with Gasteiger partial charge < -0.3 is 26.4 Å². The average Bonchev–Trinajstić information content (AvgIpc) is 3.00. The zero-order chi connectivity index (χ0) is 30.8. The van der Waals surface area contributed by atoms with E-state index < -0.39 is 11.7 Å². The second-order valence-corrected chi connectivity index (χ2v) is 10.7. The number of allylic oxidation sites excluding steroid dienone is 1. The smallest absolute Gasteiger partial charge is 0.255 e. The van der Waals surface area contributed by atoms with Crippen molar-refractivity contribution in [1.29, 1.82) is 5.41 Å². The second kappa shape index (κ2) is 15.1. The summed E-state index contributed by atoms with van der Waals surface area (Å²) in [5.41, 5.74) is 10.5. The molecule has 0 fully saturated rings. The molecule has 0 saturated carbocycles. The van der Waals surface area contributed by atoms with Gasteiger partial charge >= 0.3 is 0 Å². The van der Waals surface area contributed by atoms with E-state index in [2.05, 4.69) is 27.0 Å². The first-order valence-corrected chi connectivity index (χ1v) is 14.6. The molecule has 4 rings (SSSR count). The van der Waals surface area contributed by atoms with Crippen LogP contribution in [0.25, 0.3) is 6.08 Å². The maximum atomic E-state index is 13.7. The first-order valence-electron chi connectivity index (χ1n) is 14.6. The Kier molecular flexibility index (Phi) is 11.0. The van der Waals surface area contributed by atoms with Crippen LogP contribution < -0.4 is 26.4 Å². The van der Waals surface area contributed by atoms with Crippen LogP contribution in [0.3, 0.4) is 0 Å². The van der Waals surface area contributed by atoms with Gasteiger partial charge in [-0.1, -0.05) is 42.8 Å². The number of rotatable bonds is 6. The molecule has 1 aliphatic heterocycles. The third-order valence-electron chi connectivity index (χ3n) is 7.46. The topological polar surface area (TPSA) is 147 Å². The minimum absolute atomic E-state index is 0.0324. The molecule has 43 heavy (non-hydrogen) atoms. The lowest BCUT2D eigenvalue weighted by Crippen LogP contribution is -2.79. The van der Waals surface area contributed by atoms with Crippen molar-refractivity contribution in [1.82, 2.24) is 15.6 Å². The van der Waals surface area contributed by atoms with Gasteiger partial charge in [0.15, 0.2) is 5.69 Å². The van der Waals surface area contributed by atoms with Gasteiger partial charge in [-0.3, -0.25) is 15.0 Å². The van der Waals surface area contributed by atoms with Crippen molar-refractivity contribution in [2.24, 2.45) is 0 Å². The van der Waals surface area contributed by atoms with Crippen molar-refractivity contribution in [3.05, 3.63) is 88.4 Å². The minimum Gasteiger partial charge on any atom is -0.496 e. The fourth-order valence-electron chi connectivity index (χ4n) is 5.07. The maximum Gasteiger partial charge on any atom is 0.255 e. The Balaban J connectivity index is 1.52. The van der Waals surface area contributed by atoms with Gasteiger partial charge in [-0.05, 0) is 49.9 Å². The van der Waals surface area contributed by atoms with Crippen molar-refractivity contribution in [2.75, 3.05) is 19.4 Å². The molecule has 7 N–H and O–H groups in total. The highest BCUT2D eigenvalue weighted by Gasteiger charge is 2.22. The van der Waals surface area contributed by atoms with Crippen molar-refractivity contribution >= 4 is 35.1 Å². The number of hydrogen-bond acceptors (Lipinski definition) is 6. The number of ether oxygens (including phenoxy) is 1. The highest BCUT2D eigenvalue weighted by atomic mass is 19.1. The number of anilines is 1. The van der Waals surface area contributed by atoms with Crippen molar-refractivity contribution in [3.8, 4) is 5.75 Å². The molecule has 0 spiro atoms. The number of nitrogen functional groups attached to an aromatic ring is 1. The highest BCUT2D eigenvalue weighted by molar-refractivity contribution is 6.16. The third-order valence-corrected chi connectivity index (χ3v) is 7.46. The number of carbonyl (C=O) groups excluding carboxylic acids is 2. The number of amides is 2. The fraction of sp³-hybridized carbons (Fsp3) is 0.333. The summed E-state index contributed by atoms with van der Waals surface area (Å²) in [5.74, 6) is -0.326. The molecule has 0 bridgehead atoms. The number of nitrogens with two attached hydrogens (primary N) is 2. The average molecular weight is 588 g/mol. The normalized spacial score (nSPS) is 17.0. The number of methoxy groups -OCH3 is 1. The molecule has 2 amide bonds. The van der Waals surface area contributed by atoms with Gasteiger partial charge in [0.25, 0.3) is 5.91 Å². The van der Waals surface area contributed by atoms with Crippen molar-refractivity contribution < 1.29 is 24.0 Å². The highest BCUT2D eigenvalue weighted by Crippen LogP contribution is 2.26. The van der Waals surface area contributed by atoms with Crippen LogP contribution in [0.4, 0.5) is 15.9 Å². The molecule has 1 atom stereocenters. The largest absolute Gasteiger partial charge is 0.496 e. The molecule has 0 aliphatic carbocycles. The van der Waals surface area contributed by atoms with Gasteiger partial charge in [0, 0.05) is 37.2 Å². The second-order valence-electron chi connectivity index (χ2n) is 10.7. The summed E-state index contributed by atoms with van der Waals surface area (Å²) < 4.78 is 18.9. The van der Waals surface area contributed by atoms with E-state index in [1.165, 1.54) is 19.2 Å². The van der Waals surface area contributed by atoms with Crippen LogP contribution in [-0.4, -0.2) is 42.2 Å². The number of benzene rings is 2. The number of quaternary nitrogens is 1. The van der Waals surface area contributed by atoms with Gasteiger partial charge in [-0.25, -0.2) is 9.37 Å². The van der Waals surface area contributed by atoms with Crippen LogP contribution in [0.15, 0.2) is 54.7 Å². The summed E-state index contributed by atoms with van der Waals surface area (Å²) in [6.45, 7) is 2.91. The van der Waals surface area contributed by atoms with Crippen LogP contribution >= 0.6 is 0 Å². The summed E-state index contributed by atoms with van der Waals surface area (Å²) >= 11 is 0. The summed E-state index contributed by atoms with van der Waals surface area (Å²) in [7, 11) is 1.43. The minimum atomic E-state index is -0.523. The lowest BCUT2D eigenvalue weighted by atomic mass is 9.97. The molecule has 2 aromatic carbocycles. The first kappa shape index (κ1) is 31.4. The van der Waals surface area contributed by atoms with E-state index >= 15 is 0 Å². The number of carbonyl (C=O) groups is 2. The van der Waals surface area contributed by atoms with E-state index in [0.29, 0.717) is 24.1 Å². The molecular weight excluding hydrogens is 547 g/mol. The predicted molar refractivity (Wildman–Crippen MR) is 166 cm³/mol. The van der Waals surface area contributed by atoms with E-state index in [-0.39, 0.29) is 41.3 Å². The van der Waals surface area contributed by atoms with E-state index in [1.807, 2.05) is 37.3 Å². The molecular formula is C33H40FN6O3+. The number of hydrogen-bond donors (Lipinski definition) is 5. The third kappa shape index (κ3) is 8.48. The van der Waals surface area contributed by atoms with E-state index in [1.54, 1.807) is 6.20 Å². The Bertz CT molecular complexity index is 1490. The fourth-order valence-corrected chi connectivity index (χ4v) is 5.07. The van der Waals surface area contributed by atoms with Crippen molar-refractivity contribution in [3.63, 3.8) is 0 Å². The number of pyridine rings is 1. The quantitative estimate of drug-likeness (QED) is 0.274. The lowest BCUT2D eigenvalue weighted by Gasteiger charge is -2.16. The maximum absolute atomic E-state index is 13.7. The zero-order valence-corrected chi connectivity index (χ0v) is 24.7. The molecule has 1 aliphatic rings. The lowest BCUT2D eigenvalue weighted by molar-refractivity contribution is -0.572. The van der Waals surface area contributed by atoms with Crippen LogP contribution in [0.5, 0.6) is 5.75 Å². The van der Waals surface area contributed by atoms with Gasteiger partial charge in [-0.15, -0.1) is 0 Å². The molecule has 3 aromatic rings. The van der Waals surface area contributed by atoms with Gasteiger partial charge in [0.1, 0.15) is 22.9 Å². The summed E-state index contributed by atoms with van der Waals surface area (Å²) in [6, 6.07) is 11.1. The number of nitrogens with zero attached hydrogens (tertiary/aromatic N) is 1.